The maximum absolute atomic E-state index is 2.53. The van der Waals surface area contributed by atoms with E-state index in [4.69, 9.17) is 0 Å². The van der Waals surface area contributed by atoms with Gasteiger partial charge in [-0.05, 0) is 11.1 Å². The van der Waals surface area contributed by atoms with E-state index < -0.39 is 16.1 Å². The zero-order valence-corrected chi connectivity index (χ0v) is 12.5. The molecule has 0 saturated heterocycles. The second-order valence-corrected chi connectivity index (χ2v) is 17.7. The molecule has 0 saturated carbocycles. The zero-order valence-electron chi connectivity index (χ0n) is 10.5. The fraction of sp³-hybridized carbons (Fsp3) is 0.667. The van der Waals surface area contributed by atoms with Gasteiger partial charge in [0.2, 0.25) is 0 Å². The van der Waals surface area contributed by atoms with Crippen molar-refractivity contribution in [1.29, 1.82) is 0 Å². The third-order valence-corrected chi connectivity index (χ3v) is 14.3. The molecule has 0 aromatic heterocycles. The summed E-state index contributed by atoms with van der Waals surface area (Å²) >= 11 is 0. The van der Waals surface area contributed by atoms with Gasteiger partial charge in [0, 0.05) is 0 Å². The summed E-state index contributed by atoms with van der Waals surface area (Å²) in [5.41, 5.74) is 0. The van der Waals surface area contributed by atoms with Crippen LogP contribution in [-0.4, -0.2) is 16.1 Å². The standard InChI is InChI=1S/C12H24Si2/c1-13(2,3)12(14(4,5)6)10-8-7-9-11-12/h7-10H,11H2,1-6H3. The van der Waals surface area contributed by atoms with E-state index in [0.717, 1.165) is 0 Å². The summed E-state index contributed by atoms with van der Waals surface area (Å²) in [6.07, 6.45) is 10.7. The van der Waals surface area contributed by atoms with Gasteiger partial charge in [0.05, 0.1) is 16.1 Å². The number of allylic oxidation sites excluding steroid dienone is 4. The van der Waals surface area contributed by atoms with Crippen molar-refractivity contribution in [3.63, 3.8) is 0 Å². The lowest BCUT2D eigenvalue weighted by atomic mass is 10.2. The van der Waals surface area contributed by atoms with Gasteiger partial charge < -0.3 is 0 Å². The van der Waals surface area contributed by atoms with Crippen LogP contribution >= 0.6 is 0 Å². The van der Waals surface area contributed by atoms with E-state index in [-0.39, 0.29) is 0 Å². The molecule has 0 amide bonds. The van der Waals surface area contributed by atoms with Crippen LogP contribution in [0.2, 0.25) is 43.9 Å². The van der Waals surface area contributed by atoms with Crippen molar-refractivity contribution >= 4 is 16.1 Å². The highest BCUT2D eigenvalue weighted by atomic mass is 28.4. The Bertz CT molecular complexity index is 247. The van der Waals surface area contributed by atoms with Gasteiger partial charge in [-0.15, -0.1) is 0 Å². The number of hydrogen-bond acceptors (Lipinski definition) is 0. The highest BCUT2D eigenvalue weighted by Crippen LogP contribution is 2.52. The van der Waals surface area contributed by atoms with Crippen LogP contribution in [0.25, 0.3) is 0 Å². The van der Waals surface area contributed by atoms with Crippen LogP contribution in [0.15, 0.2) is 24.3 Å². The van der Waals surface area contributed by atoms with E-state index in [1.54, 1.807) is 0 Å². The van der Waals surface area contributed by atoms with Crippen molar-refractivity contribution in [3.05, 3.63) is 24.3 Å². The predicted molar refractivity (Wildman–Crippen MR) is 72.3 cm³/mol. The van der Waals surface area contributed by atoms with E-state index in [0.29, 0.717) is 4.66 Å². The minimum Gasteiger partial charge on any atom is -0.0843 e. The molecule has 1 aliphatic carbocycles. The predicted octanol–water partition coefficient (Wildman–Crippen LogP) is 4.46. The second kappa shape index (κ2) is 3.49. The Morgan fingerprint density at radius 1 is 0.857 bits per heavy atom. The van der Waals surface area contributed by atoms with Crippen LogP contribution < -0.4 is 0 Å². The SMILES string of the molecule is C[Si](C)(C)C1([Si](C)(C)C)C=CC=CC1. The molecule has 0 aromatic carbocycles. The molecule has 14 heavy (non-hydrogen) atoms. The molecule has 0 N–H and O–H groups in total. The van der Waals surface area contributed by atoms with Gasteiger partial charge in [0.1, 0.15) is 0 Å². The molecular formula is C12H24Si2. The molecule has 0 unspecified atom stereocenters. The highest BCUT2D eigenvalue weighted by molar-refractivity contribution is 6.99. The molecule has 0 atom stereocenters. The lowest BCUT2D eigenvalue weighted by Crippen LogP contribution is -2.53. The van der Waals surface area contributed by atoms with Crippen LogP contribution in [0.5, 0.6) is 0 Å². The third-order valence-electron chi connectivity index (χ3n) is 3.74. The minimum absolute atomic E-state index is 0.564. The fourth-order valence-electron chi connectivity index (χ4n) is 2.86. The summed E-state index contributed by atoms with van der Waals surface area (Å²) < 4.78 is 0.564. The molecule has 0 aromatic rings. The van der Waals surface area contributed by atoms with E-state index in [2.05, 4.69) is 63.6 Å². The Morgan fingerprint density at radius 2 is 1.36 bits per heavy atom. The Balaban J connectivity index is 3.18. The summed E-state index contributed by atoms with van der Waals surface area (Å²) in [6, 6.07) is 0. The Hall–Kier alpha value is -0.0862. The largest absolute Gasteiger partial charge is 0.0843 e. The molecule has 0 fully saturated rings. The van der Waals surface area contributed by atoms with Gasteiger partial charge >= 0.3 is 0 Å². The average molecular weight is 224 g/mol. The smallest absolute Gasteiger partial charge is 0.0524 e. The highest BCUT2D eigenvalue weighted by Gasteiger charge is 2.50. The monoisotopic (exact) mass is 224 g/mol. The van der Waals surface area contributed by atoms with Crippen LogP contribution in [0.1, 0.15) is 6.42 Å². The van der Waals surface area contributed by atoms with Gasteiger partial charge in [-0.25, -0.2) is 0 Å². The fourth-order valence-corrected chi connectivity index (χ4v) is 14.5. The van der Waals surface area contributed by atoms with Crippen molar-refractivity contribution < 1.29 is 0 Å². The van der Waals surface area contributed by atoms with Crippen molar-refractivity contribution in [2.45, 2.75) is 50.4 Å². The maximum atomic E-state index is 2.53. The molecule has 0 heterocycles. The summed E-state index contributed by atoms with van der Waals surface area (Å²) in [6.45, 7) is 15.1. The zero-order chi connectivity index (χ0) is 11.0. The van der Waals surface area contributed by atoms with Crippen LogP contribution in [0.4, 0.5) is 0 Å². The molecule has 1 rings (SSSR count). The van der Waals surface area contributed by atoms with Crippen molar-refractivity contribution in [1.82, 2.24) is 0 Å². The topological polar surface area (TPSA) is 0 Å². The Labute approximate surface area is 91.1 Å². The van der Waals surface area contributed by atoms with E-state index in [1.165, 1.54) is 6.42 Å². The summed E-state index contributed by atoms with van der Waals surface area (Å²) in [7, 11) is -2.24. The summed E-state index contributed by atoms with van der Waals surface area (Å²) in [5.74, 6) is 0. The van der Waals surface area contributed by atoms with E-state index in [1.807, 2.05) is 0 Å². The molecule has 2 heteroatoms. The van der Waals surface area contributed by atoms with E-state index in [9.17, 15) is 0 Å². The third kappa shape index (κ3) is 1.82. The van der Waals surface area contributed by atoms with Gasteiger partial charge in [-0.1, -0.05) is 63.6 Å². The van der Waals surface area contributed by atoms with Crippen LogP contribution in [-0.2, 0) is 0 Å². The quantitative estimate of drug-likeness (QED) is 0.608. The first kappa shape index (κ1) is 12.0. The molecule has 80 valence electrons. The van der Waals surface area contributed by atoms with Crippen molar-refractivity contribution in [2.75, 3.05) is 0 Å². The molecular weight excluding hydrogens is 200 g/mol. The molecule has 0 bridgehead atoms. The van der Waals surface area contributed by atoms with Crippen LogP contribution in [0.3, 0.4) is 0 Å². The molecule has 0 aliphatic heterocycles. The molecule has 1 aliphatic rings. The number of rotatable bonds is 2. The van der Waals surface area contributed by atoms with Crippen molar-refractivity contribution in [2.24, 2.45) is 0 Å². The minimum atomic E-state index is -1.12. The van der Waals surface area contributed by atoms with Gasteiger partial charge in [-0.3, -0.25) is 0 Å². The van der Waals surface area contributed by atoms with E-state index >= 15 is 0 Å². The molecule has 0 radical (unpaired) electrons. The Morgan fingerprint density at radius 3 is 1.57 bits per heavy atom. The molecule has 0 spiro atoms. The van der Waals surface area contributed by atoms with Crippen LogP contribution in [0, 0.1) is 0 Å². The lowest BCUT2D eigenvalue weighted by molar-refractivity contribution is 0.850. The summed E-state index contributed by atoms with van der Waals surface area (Å²) in [5, 5.41) is 0. The Kier molecular flexibility index (Phi) is 2.99. The first-order chi connectivity index (χ1) is 6.21. The normalized spacial score (nSPS) is 21.3. The number of hydrogen-bond donors (Lipinski definition) is 0. The molecule has 0 nitrogen and oxygen atoms in total. The van der Waals surface area contributed by atoms with Gasteiger partial charge in [0.15, 0.2) is 0 Å². The lowest BCUT2D eigenvalue weighted by Gasteiger charge is -2.50. The van der Waals surface area contributed by atoms with Crippen molar-refractivity contribution in [3.8, 4) is 0 Å². The average Bonchev–Trinajstić information content (AvgIpc) is 2.02. The maximum Gasteiger partial charge on any atom is 0.0524 e. The van der Waals surface area contributed by atoms with Gasteiger partial charge in [0.25, 0.3) is 0 Å². The first-order valence-electron chi connectivity index (χ1n) is 5.55. The second-order valence-electron chi connectivity index (χ2n) is 6.46. The summed E-state index contributed by atoms with van der Waals surface area (Å²) in [4.78, 5) is 0. The first-order valence-corrected chi connectivity index (χ1v) is 12.6. The van der Waals surface area contributed by atoms with Gasteiger partial charge in [-0.2, -0.15) is 0 Å².